The molecule has 25 heteroatoms. The summed E-state index contributed by atoms with van der Waals surface area (Å²) in [4.78, 5) is 90.0. The Morgan fingerprint density at radius 3 is 2.21 bits per heavy atom. The molecular formula is C33H28N3O19P3. The van der Waals surface area contributed by atoms with Gasteiger partial charge in [-0.05, 0) is 49.2 Å². The topological polar surface area (TPSA) is 329 Å². The molecule has 2 unspecified atom stereocenters. The molecule has 3 aliphatic heterocycles. The van der Waals surface area contributed by atoms with Crippen LogP contribution < -0.4 is 21.3 Å². The molecule has 3 aromatic carbocycles. The van der Waals surface area contributed by atoms with E-state index in [0.29, 0.717) is 16.7 Å². The van der Waals surface area contributed by atoms with E-state index in [1.165, 1.54) is 36.4 Å². The number of phenolic OH excluding ortho intramolecular Hbond substituents is 2. The first-order valence-corrected chi connectivity index (χ1v) is 21.0. The number of carbonyl (C=O) groups excluding carboxylic acids is 2. The third-order valence-corrected chi connectivity index (χ3v) is 12.6. The average molecular weight is 864 g/mol. The highest BCUT2D eigenvalue weighted by Gasteiger charge is 2.54. The highest BCUT2D eigenvalue weighted by Crippen LogP contribution is 2.66. The highest BCUT2D eigenvalue weighted by molar-refractivity contribution is 7.66. The van der Waals surface area contributed by atoms with E-state index in [1.807, 2.05) is 0 Å². The molecule has 4 aromatic rings. The Bertz CT molecular complexity index is 2660. The maximum atomic E-state index is 13.4. The van der Waals surface area contributed by atoms with Crippen molar-refractivity contribution >= 4 is 35.3 Å². The number of aromatic nitrogens is 2. The summed E-state index contributed by atoms with van der Waals surface area (Å²) in [6.07, 6.45) is -0.758. The smallest absolute Gasteiger partial charge is 0.490 e. The number of benzene rings is 3. The number of hydrogen-bond donors (Lipinski definition) is 8. The SMILES string of the molecule is O=C(NCC#Cc1cn([C@H]2CC[C@@H](COP(=O)(O)OP(=O)(O)OP(=O)(O)O)O2)c(=O)[nH]c1=O)c1ccc2c(c1)C(=O)OC21c2ccc(O)cc2Oc2cc(O)ccc21. The number of phosphoric acid groups is 3. The molecule has 1 aromatic heterocycles. The number of amides is 1. The van der Waals surface area contributed by atoms with Gasteiger partial charge in [0, 0.05) is 40.6 Å². The number of aromatic hydroxyl groups is 2. The Kier molecular flexibility index (Phi) is 10.6. The second kappa shape index (κ2) is 15.1. The van der Waals surface area contributed by atoms with Crippen LogP contribution in [-0.2, 0) is 41.9 Å². The second-order valence-electron chi connectivity index (χ2n) is 12.7. The molecule has 0 bridgehead atoms. The summed E-state index contributed by atoms with van der Waals surface area (Å²) in [6, 6.07) is 12.9. The summed E-state index contributed by atoms with van der Waals surface area (Å²) in [5.74, 6) is 3.88. The molecule has 22 nitrogen and oxygen atoms in total. The van der Waals surface area contributed by atoms with Crippen molar-refractivity contribution in [2.45, 2.75) is 30.8 Å². The third-order valence-electron chi connectivity index (χ3n) is 8.80. The fourth-order valence-corrected chi connectivity index (χ4v) is 9.54. The number of rotatable bonds is 10. The molecule has 58 heavy (non-hydrogen) atoms. The Morgan fingerprint density at radius 1 is 0.897 bits per heavy atom. The van der Waals surface area contributed by atoms with Crippen molar-refractivity contribution in [1.82, 2.24) is 14.9 Å². The van der Waals surface area contributed by atoms with Gasteiger partial charge in [-0.2, -0.15) is 8.62 Å². The van der Waals surface area contributed by atoms with E-state index in [4.69, 9.17) is 24.0 Å². The van der Waals surface area contributed by atoms with Gasteiger partial charge < -0.3 is 49.3 Å². The molecule has 1 spiro atoms. The van der Waals surface area contributed by atoms with Crippen LogP contribution in [0.1, 0.15) is 62.0 Å². The zero-order valence-electron chi connectivity index (χ0n) is 29.0. The second-order valence-corrected chi connectivity index (χ2v) is 17.1. The van der Waals surface area contributed by atoms with Crippen molar-refractivity contribution in [2.24, 2.45) is 0 Å². The molecule has 304 valence electrons. The fraction of sp³-hybridized carbons (Fsp3) is 0.212. The van der Waals surface area contributed by atoms with Gasteiger partial charge in [-0.15, -0.1) is 0 Å². The lowest BCUT2D eigenvalue weighted by Crippen LogP contribution is -2.34. The summed E-state index contributed by atoms with van der Waals surface area (Å²) < 4.78 is 64.8. The molecule has 0 radical (unpaired) electrons. The number of nitrogens with zero attached hydrogens (tertiary/aromatic N) is 1. The van der Waals surface area contributed by atoms with Crippen LogP contribution in [0, 0.1) is 11.8 Å². The van der Waals surface area contributed by atoms with Gasteiger partial charge in [0.15, 0.2) is 5.60 Å². The minimum atomic E-state index is -5.73. The molecule has 0 saturated carbocycles. The molecule has 4 heterocycles. The molecule has 1 saturated heterocycles. The first kappa shape index (κ1) is 40.8. The molecule has 8 N–H and O–H groups in total. The quantitative estimate of drug-likeness (QED) is 0.0644. The van der Waals surface area contributed by atoms with Crippen LogP contribution >= 0.6 is 23.5 Å². The van der Waals surface area contributed by atoms with Crippen molar-refractivity contribution in [3.8, 4) is 34.8 Å². The molecule has 1 amide bonds. The summed E-state index contributed by atoms with van der Waals surface area (Å²) in [6.45, 7) is -1.04. The standard InChI is InChI=1S/C33H28N3O19P3/c37-19-4-8-24-26(13-19)52-27-14-20(38)5-9-25(27)33(24)23-7-3-17(12-22(23)31(41)53-33)29(39)34-11-1-2-18-15-36(32(42)35-30(18)40)28-10-6-21(51-28)16-50-57(46,47)55-58(48,49)54-56(43,44)45/h3-5,7-9,12-15,21,28,37-38H,6,10-11,16H2,(H,34,39)(H,46,47)(H,48,49)(H,35,40,42)(H2,43,44,45)/t21-,28+/m0/s1. The Balaban J connectivity index is 1.01. The predicted octanol–water partition coefficient (Wildman–Crippen LogP) is 2.32. The van der Waals surface area contributed by atoms with Crippen LogP contribution in [0.25, 0.3) is 0 Å². The summed E-state index contributed by atoms with van der Waals surface area (Å²) in [5.41, 5.74) is -2.20. The van der Waals surface area contributed by atoms with Crippen LogP contribution in [0.2, 0.25) is 0 Å². The van der Waals surface area contributed by atoms with Crippen LogP contribution in [0.3, 0.4) is 0 Å². The van der Waals surface area contributed by atoms with E-state index in [0.717, 1.165) is 10.8 Å². The van der Waals surface area contributed by atoms with E-state index in [-0.39, 0.29) is 59.1 Å². The molecule has 3 aliphatic rings. The Morgan fingerprint density at radius 2 is 1.55 bits per heavy atom. The minimum Gasteiger partial charge on any atom is -0.508 e. The number of nitrogens with one attached hydrogen (secondary N) is 2. The van der Waals surface area contributed by atoms with E-state index in [2.05, 4.69) is 35.3 Å². The number of carbonyl (C=O) groups is 2. The van der Waals surface area contributed by atoms with E-state index < -0.39 is 71.1 Å². The van der Waals surface area contributed by atoms with E-state index in [9.17, 15) is 52.9 Å². The number of fused-ring (bicyclic) bond motifs is 6. The van der Waals surface area contributed by atoms with Crippen LogP contribution in [0.5, 0.6) is 23.0 Å². The van der Waals surface area contributed by atoms with Gasteiger partial charge in [0.1, 0.15) is 34.8 Å². The predicted molar refractivity (Wildman–Crippen MR) is 192 cm³/mol. The molecule has 1 fully saturated rings. The number of phosphoric ester groups is 1. The number of esters is 1. The molecular weight excluding hydrogens is 835 g/mol. The Hall–Kier alpha value is -5.39. The van der Waals surface area contributed by atoms with Crippen molar-refractivity contribution in [1.29, 1.82) is 0 Å². The lowest BCUT2D eigenvalue weighted by Gasteiger charge is -2.36. The monoisotopic (exact) mass is 863 g/mol. The van der Waals surface area contributed by atoms with Gasteiger partial charge >= 0.3 is 35.1 Å². The third kappa shape index (κ3) is 8.29. The number of aromatic amines is 1. The van der Waals surface area contributed by atoms with Crippen molar-refractivity contribution in [3.63, 3.8) is 0 Å². The van der Waals surface area contributed by atoms with Crippen LogP contribution in [-0.4, -0.2) is 70.5 Å². The average Bonchev–Trinajstić information content (AvgIpc) is 3.70. The van der Waals surface area contributed by atoms with Crippen LogP contribution in [0.15, 0.2) is 70.4 Å². The minimum absolute atomic E-state index is 0.0609. The number of phenols is 2. The normalized spacial score (nSPS) is 19.6. The summed E-state index contributed by atoms with van der Waals surface area (Å²) >= 11 is 0. The Labute approximate surface area is 324 Å². The van der Waals surface area contributed by atoms with Crippen molar-refractivity contribution < 1.29 is 80.4 Å². The number of H-pyrrole nitrogens is 1. The van der Waals surface area contributed by atoms with Gasteiger partial charge in [0.05, 0.1) is 24.8 Å². The first-order chi connectivity index (χ1) is 27.2. The summed E-state index contributed by atoms with van der Waals surface area (Å²) in [7, 11) is -16.7. The number of ether oxygens (including phenoxy) is 3. The van der Waals surface area contributed by atoms with Crippen molar-refractivity contribution in [2.75, 3.05) is 13.2 Å². The first-order valence-electron chi connectivity index (χ1n) is 16.5. The maximum Gasteiger partial charge on any atom is 0.490 e. The zero-order valence-corrected chi connectivity index (χ0v) is 31.7. The van der Waals surface area contributed by atoms with Gasteiger partial charge in [-0.1, -0.05) is 17.9 Å². The number of hydrogen-bond acceptors (Lipinski definition) is 15. The van der Waals surface area contributed by atoms with Gasteiger partial charge in [0.2, 0.25) is 0 Å². The van der Waals surface area contributed by atoms with E-state index in [1.54, 1.807) is 18.2 Å². The van der Waals surface area contributed by atoms with Gasteiger partial charge in [-0.3, -0.25) is 23.7 Å². The van der Waals surface area contributed by atoms with E-state index >= 15 is 0 Å². The summed E-state index contributed by atoms with van der Waals surface area (Å²) in [5, 5.41) is 22.8. The van der Waals surface area contributed by atoms with Gasteiger partial charge in [0.25, 0.3) is 11.5 Å². The highest BCUT2D eigenvalue weighted by atomic mass is 31.3. The lowest BCUT2D eigenvalue weighted by molar-refractivity contribution is -0.0243. The molecule has 0 aliphatic carbocycles. The zero-order chi connectivity index (χ0) is 41.8. The largest absolute Gasteiger partial charge is 0.508 e. The lowest BCUT2D eigenvalue weighted by atomic mass is 9.77. The fourth-order valence-electron chi connectivity index (χ4n) is 6.50. The van der Waals surface area contributed by atoms with Crippen molar-refractivity contribution in [3.05, 3.63) is 115 Å². The maximum absolute atomic E-state index is 13.4. The van der Waals surface area contributed by atoms with Gasteiger partial charge in [-0.25, -0.2) is 23.3 Å². The molecule has 7 rings (SSSR count). The molecule has 4 atom stereocenters. The van der Waals surface area contributed by atoms with Crippen LogP contribution in [0.4, 0.5) is 0 Å².